The summed E-state index contributed by atoms with van der Waals surface area (Å²) in [5.74, 6) is -0.472. The van der Waals surface area contributed by atoms with Gasteiger partial charge in [0.1, 0.15) is 0 Å². The molecule has 3 aromatic rings. The highest BCUT2D eigenvalue weighted by Crippen LogP contribution is 2.47. The van der Waals surface area contributed by atoms with Crippen molar-refractivity contribution in [2.45, 2.75) is 12.6 Å². The topological polar surface area (TPSA) is 61.4 Å². The van der Waals surface area contributed by atoms with Gasteiger partial charge in [0.2, 0.25) is 5.66 Å². The quantitative estimate of drug-likeness (QED) is 0.696. The standard InChI is InChI=1S/C22H17N3O2/c1-14-8-2-7-13-19(14)25-20(26)15-9-3-5-11-17(15)24-22(25)16-10-4-6-12-18(16)23-21(22)27/h2-13,24H,1H3,(H,23,27). The molecule has 1 spiro atoms. The molecule has 1 unspecified atom stereocenters. The van der Waals surface area contributed by atoms with Crippen LogP contribution in [0.3, 0.4) is 0 Å². The summed E-state index contributed by atoms with van der Waals surface area (Å²) >= 11 is 0. The summed E-state index contributed by atoms with van der Waals surface area (Å²) in [6.07, 6.45) is 0. The van der Waals surface area contributed by atoms with Crippen LogP contribution in [0.15, 0.2) is 72.8 Å². The van der Waals surface area contributed by atoms with E-state index in [9.17, 15) is 9.59 Å². The molecule has 0 bridgehead atoms. The maximum atomic E-state index is 13.6. The van der Waals surface area contributed by atoms with Crippen molar-refractivity contribution < 1.29 is 9.59 Å². The van der Waals surface area contributed by atoms with Crippen molar-refractivity contribution in [3.05, 3.63) is 89.5 Å². The van der Waals surface area contributed by atoms with E-state index in [1.54, 1.807) is 11.0 Å². The zero-order chi connectivity index (χ0) is 18.6. The average molecular weight is 355 g/mol. The number of fused-ring (bicyclic) bond motifs is 3. The van der Waals surface area contributed by atoms with Crippen molar-refractivity contribution >= 4 is 28.9 Å². The van der Waals surface area contributed by atoms with E-state index in [0.29, 0.717) is 22.6 Å². The second-order valence-electron chi connectivity index (χ2n) is 6.81. The fourth-order valence-electron chi connectivity index (χ4n) is 4.00. The molecule has 2 aliphatic heterocycles. The number of hydrogen-bond donors (Lipinski definition) is 2. The third-order valence-electron chi connectivity index (χ3n) is 5.26. The predicted molar refractivity (Wildman–Crippen MR) is 105 cm³/mol. The molecule has 2 N–H and O–H groups in total. The Morgan fingerprint density at radius 2 is 1.48 bits per heavy atom. The van der Waals surface area contributed by atoms with Gasteiger partial charge in [-0.1, -0.05) is 48.5 Å². The fourth-order valence-corrected chi connectivity index (χ4v) is 4.00. The Kier molecular flexibility index (Phi) is 3.15. The van der Waals surface area contributed by atoms with E-state index in [1.165, 1.54) is 0 Å². The van der Waals surface area contributed by atoms with Gasteiger partial charge in [0.25, 0.3) is 11.8 Å². The molecule has 2 amide bonds. The van der Waals surface area contributed by atoms with Crippen molar-refractivity contribution in [3.63, 3.8) is 0 Å². The van der Waals surface area contributed by atoms with Gasteiger partial charge in [-0.25, -0.2) is 0 Å². The Hall–Kier alpha value is -3.60. The fraction of sp³-hybridized carbons (Fsp3) is 0.0909. The van der Waals surface area contributed by atoms with Crippen molar-refractivity contribution in [1.82, 2.24) is 0 Å². The summed E-state index contributed by atoms with van der Waals surface area (Å²) in [6, 6.07) is 22.4. The molecule has 27 heavy (non-hydrogen) atoms. The third-order valence-corrected chi connectivity index (χ3v) is 5.26. The molecule has 132 valence electrons. The molecular formula is C22H17N3O2. The molecule has 0 saturated carbocycles. The van der Waals surface area contributed by atoms with Crippen LogP contribution < -0.4 is 15.5 Å². The summed E-state index contributed by atoms with van der Waals surface area (Å²) in [6.45, 7) is 1.94. The molecule has 0 saturated heterocycles. The minimum atomic E-state index is -1.33. The summed E-state index contributed by atoms with van der Waals surface area (Å²) in [4.78, 5) is 28.5. The van der Waals surface area contributed by atoms with Crippen molar-refractivity contribution in [1.29, 1.82) is 0 Å². The van der Waals surface area contributed by atoms with Gasteiger partial charge < -0.3 is 10.6 Å². The molecule has 5 heteroatoms. The molecule has 0 radical (unpaired) electrons. The Morgan fingerprint density at radius 1 is 0.815 bits per heavy atom. The number of aryl methyl sites for hydroxylation is 1. The Bertz CT molecular complexity index is 1110. The Labute approximate surface area is 156 Å². The largest absolute Gasteiger partial charge is 0.350 e. The minimum Gasteiger partial charge on any atom is -0.350 e. The minimum absolute atomic E-state index is 0.203. The van der Waals surface area contributed by atoms with Crippen LogP contribution in [0.1, 0.15) is 21.5 Å². The zero-order valence-electron chi connectivity index (χ0n) is 14.7. The van der Waals surface area contributed by atoms with Gasteiger partial charge in [0.15, 0.2) is 0 Å². The van der Waals surface area contributed by atoms with Crippen LogP contribution in [-0.4, -0.2) is 11.8 Å². The first kappa shape index (κ1) is 15.6. The summed E-state index contributed by atoms with van der Waals surface area (Å²) in [5, 5.41) is 6.31. The van der Waals surface area contributed by atoms with Crippen LogP contribution in [0.25, 0.3) is 0 Å². The van der Waals surface area contributed by atoms with Gasteiger partial charge in [0.05, 0.1) is 11.3 Å². The predicted octanol–water partition coefficient (Wildman–Crippen LogP) is 3.87. The molecular weight excluding hydrogens is 338 g/mol. The highest BCUT2D eigenvalue weighted by molar-refractivity contribution is 6.22. The van der Waals surface area contributed by atoms with Crippen molar-refractivity contribution in [3.8, 4) is 0 Å². The third kappa shape index (κ3) is 1.99. The lowest BCUT2D eigenvalue weighted by molar-refractivity contribution is -0.119. The van der Waals surface area contributed by atoms with Gasteiger partial charge >= 0.3 is 0 Å². The molecule has 0 fully saturated rings. The van der Waals surface area contributed by atoms with E-state index in [0.717, 1.165) is 11.1 Å². The van der Waals surface area contributed by atoms with Crippen LogP contribution in [0.4, 0.5) is 17.1 Å². The number of amides is 2. The molecule has 3 aromatic carbocycles. The maximum absolute atomic E-state index is 13.6. The van der Waals surface area contributed by atoms with Gasteiger partial charge in [-0.2, -0.15) is 0 Å². The number of carbonyl (C=O) groups excluding carboxylic acids is 2. The van der Waals surface area contributed by atoms with Gasteiger partial charge in [-0.05, 0) is 36.8 Å². The Balaban J connectivity index is 1.85. The van der Waals surface area contributed by atoms with Gasteiger partial charge in [-0.3, -0.25) is 14.5 Å². The number of nitrogens with one attached hydrogen (secondary N) is 2. The molecule has 5 nitrogen and oxygen atoms in total. The second-order valence-corrected chi connectivity index (χ2v) is 6.81. The smallest absolute Gasteiger partial charge is 0.276 e. The summed E-state index contributed by atoms with van der Waals surface area (Å²) < 4.78 is 0. The number of anilines is 3. The number of hydrogen-bond acceptors (Lipinski definition) is 3. The Morgan fingerprint density at radius 3 is 2.30 bits per heavy atom. The van der Waals surface area contributed by atoms with Gasteiger partial charge in [-0.15, -0.1) is 0 Å². The monoisotopic (exact) mass is 355 g/mol. The van der Waals surface area contributed by atoms with E-state index in [1.807, 2.05) is 73.7 Å². The highest BCUT2D eigenvalue weighted by Gasteiger charge is 2.57. The van der Waals surface area contributed by atoms with Crippen LogP contribution in [0, 0.1) is 6.92 Å². The average Bonchev–Trinajstić information content (AvgIpc) is 2.95. The molecule has 1 atom stereocenters. The van der Waals surface area contributed by atoms with E-state index >= 15 is 0 Å². The van der Waals surface area contributed by atoms with E-state index in [4.69, 9.17) is 0 Å². The van der Waals surface area contributed by atoms with Crippen molar-refractivity contribution in [2.75, 3.05) is 15.5 Å². The number of rotatable bonds is 1. The molecule has 0 aromatic heterocycles. The van der Waals surface area contributed by atoms with Crippen molar-refractivity contribution in [2.24, 2.45) is 0 Å². The van der Waals surface area contributed by atoms with Crippen LogP contribution >= 0.6 is 0 Å². The number of benzene rings is 3. The summed E-state index contributed by atoms with van der Waals surface area (Å²) in [5.41, 5.74) is 2.94. The highest BCUT2D eigenvalue weighted by atomic mass is 16.2. The lowest BCUT2D eigenvalue weighted by atomic mass is 9.91. The SMILES string of the molecule is Cc1ccccc1N1C(=O)c2ccccc2NC12C(=O)Nc1ccccc12. The van der Waals surface area contributed by atoms with E-state index in [-0.39, 0.29) is 11.8 Å². The molecule has 2 aliphatic rings. The van der Waals surface area contributed by atoms with E-state index in [2.05, 4.69) is 10.6 Å². The lowest BCUT2D eigenvalue weighted by Gasteiger charge is -2.45. The maximum Gasteiger partial charge on any atom is 0.276 e. The van der Waals surface area contributed by atoms with Crippen LogP contribution in [0.5, 0.6) is 0 Å². The first-order valence-corrected chi connectivity index (χ1v) is 8.81. The first-order chi connectivity index (χ1) is 13.1. The zero-order valence-corrected chi connectivity index (χ0v) is 14.7. The number of nitrogens with zero attached hydrogens (tertiary/aromatic N) is 1. The number of para-hydroxylation sites is 3. The molecule has 2 heterocycles. The van der Waals surface area contributed by atoms with Crippen LogP contribution in [0.2, 0.25) is 0 Å². The first-order valence-electron chi connectivity index (χ1n) is 8.81. The molecule has 5 rings (SSSR count). The van der Waals surface area contributed by atoms with E-state index < -0.39 is 5.66 Å². The normalized spacial score (nSPS) is 20.1. The molecule has 0 aliphatic carbocycles. The second kappa shape index (κ2) is 5.45. The van der Waals surface area contributed by atoms with Crippen LogP contribution in [-0.2, 0) is 10.5 Å². The van der Waals surface area contributed by atoms with Gasteiger partial charge in [0, 0.05) is 16.9 Å². The lowest BCUT2D eigenvalue weighted by Crippen LogP contribution is -2.62. The number of carbonyl (C=O) groups is 2. The summed E-state index contributed by atoms with van der Waals surface area (Å²) in [7, 11) is 0.